The lowest BCUT2D eigenvalue weighted by Crippen LogP contribution is -2.08. The van der Waals surface area contributed by atoms with Gasteiger partial charge in [-0.25, -0.2) is 0 Å². The minimum atomic E-state index is 0. The Morgan fingerprint density at radius 3 is 1.29 bits per heavy atom. The predicted molar refractivity (Wildman–Crippen MR) is 139 cm³/mol. The highest BCUT2D eigenvalue weighted by atomic mass is 35.5. The largest absolute Gasteiger partial charge is 0.488 e. The van der Waals surface area contributed by atoms with Crippen LogP contribution in [0.15, 0.2) is 103 Å². The van der Waals surface area contributed by atoms with Gasteiger partial charge in [-0.05, 0) is 41.3 Å². The fourth-order valence-electron chi connectivity index (χ4n) is 3.50. The summed E-state index contributed by atoms with van der Waals surface area (Å²) in [5, 5.41) is 0. The molecule has 0 spiro atoms. The fraction of sp³-hybridized carbons (Fsp3) is 0.172. The van der Waals surface area contributed by atoms with Gasteiger partial charge in [0.25, 0.3) is 0 Å². The molecule has 0 amide bonds. The standard InChI is InChI=1S/C29H29NO3.ClH/c30-17-16-26-18-28(32-21-24-12-6-2-7-13-24)29(33-22-25-14-8-3-9-15-25)19-27(26)31-20-23-10-4-1-5-11-23;/h1-15,18-19H,16-17,20-22,30H2;1H. The fourth-order valence-corrected chi connectivity index (χ4v) is 3.50. The zero-order valence-corrected chi connectivity index (χ0v) is 19.9. The number of benzene rings is 4. The number of nitrogens with two attached hydrogens (primary N) is 1. The van der Waals surface area contributed by atoms with Crippen LogP contribution < -0.4 is 19.9 Å². The molecule has 0 aromatic heterocycles. The second kappa shape index (κ2) is 13.3. The summed E-state index contributed by atoms with van der Waals surface area (Å²) in [5.74, 6) is 2.10. The van der Waals surface area contributed by atoms with Gasteiger partial charge in [-0.1, -0.05) is 91.0 Å². The van der Waals surface area contributed by atoms with Crippen molar-refractivity contribution in [3.05, 3.63) is 125 Å². The Bertz CT molecular complexity index is 1120. The summed E-state index contributed by atoms with van der Waals surface area (Å²) in [7, 11) is 0. The van der Waals surface area contributed by atoms with E-state index in [1.165, 1.54) is 0 Å². The SMILES string of the molecule is Cl.NCCc1cc(OCc2ccccc2)c(OCc2ccccc2)cc1OCc1ccccc1. The average Bonchev–Trinajstić information content (AvgIpc) is 2.88. The van der Waals surface area contributed by atoms with Gasteiger partial charge in [0.2, 0.25) is 0 Å². The van der Waals surface area contributed by atoms with E-state index < -0.39 is 0 Å². The highest BCUT2D eigenvalue weighted by molar-refractivity contribution is 5.85. The Labute approximate surface area is 207 Å². The van der Waals surface area contributed by atoms with Crippen molar-refractivity contribution in [2.24, 2.45) is 5.73 Å². The minimum absolute atomic E-state index is 0. The molecule has 0 heterocycles. The zero-order chi connectivity index (χ0) is 22.7. The first-order chi connectivity index (χ1) is 16.3. The minimum Gasteiger partial charge on any atom is -0.488 e. The van der Waals surface area contributed by atoms with E-state index in [4.69, 9.17) is 19.9 Å². The molecule has 0 aliphatic carbocycles. The van der Waals surface area contributed by atoms with Crippen molar-refractivity contribution < 1.29 is 14.2 Å². The van der Waals surface area contributed by atoms with Crippen molar-refractivity contribution in [2.75, 3.05) is 6.54 Å². The quantitative estimate of drug-likeness (QED) is 0.275. The summed E-state index contributed by atoms with van der Waals surface area (Å²) in [6.07, 6.45) is 0.685. The zero-order valence-electron chi connectivity index (χ0n) is 19.1. The molecule has 4 aromatic carbocycles. The molecule has 0 aliphatic rings. The van der Waals surface area contributed by atoms with Crippen molar-refractivity contribution in [3.8, 4) is 17.2 Å². The first-order valence-corrected chi connectivity index (χ1v) is 11.2. The van der Waals surface area contributed by atoms with Crippen molar-refractivity contribution in [1.82, 2.24) is 0 Å². The topological polar surface area (TPSA) is 53.7 Å². The summed E-state index contributed by atoms with van der Waals surface area (Å²) in [6.45, 7) is 1.89. The van der Waals surface area contributed by atoms with Crippen LogP contribution in [0.5, 0.6) is 17.2 Å². The maximum Gasteiger partial charge on any atom is 0.165 e. The Balaban J connectivity index is 0.00000324. The van der Waals surface area contributed by atoms with Gasteiger partial charge in [-0.15, -0.1) is 12.4 Å². The van der Waals surface area contributed by atoms with Crippen molar-refractivity contribution >= 4 is 12.4 Å². The van der Waals surface area contributed by atoms with E-state index in [-0.39, 0.29) is 12.4 Å². The van der Waals surface area contributed by atoms with Crippen LogP contribution in [0.2, 0.25) is 0 Å². The van der Waals surface area contributed by atoms with Crippen LogP contribution in [0, 0.1) is 0 Å². The molecule has 4 rings (SSSR count). The van der Waals surface area contributed by atoms with Crippen LogP contribution in [0.4, 0.5) is 0 Å². The van der Waals surface area contributed by atoms with Crippen LogP contribution in [-0.4, -0.2) is 6.54 Å². The van der Waals surface area contributed by atoms with E-state index in [2.05, 4.69) is 0 Å². The van der Waals surface area contributed by atoms with Crippen LogP contribution in [0.1, 0.15) is 22.3 Å². The summed E-state index contributed by atoms with van der Waals surface area (Å²) in [5.41, 5.74) is 10.2. The van der Waals surface area contributed by atoms with E-state index >= 15 is 0 Å². The van der Waals surface area contributed by atoms with Gasteiger partial charge in [0.1, 0.15) is 25.6 Å². The van der Waals surface area contributed by atoms with Crippen LogP contribution in [-0.2, 0) is 26.2 Å². The van der Waals surface area contributed by atoms with E-state index in [0.29, 0.717) is 44.3 Å². The van der Waals surface area contributed by atoms with Gasteiger partial charge in [-0.3, -0.25) is 0 Å². The summed E-state index contributed by atoms with van der Waals surface area (Å²) < 4.78 is 18.6. The molecule has 34 heavy (non-hydrogen) atoms. The maximum atomic E-state index is 6.20. The second-order valence-electron chi connectivity index (χ2n) is 7.77. The molecule has 0 atom stereocenters. The van der Waals surface area contributed by atoms with Crippen LogP contribution >= 0.6 is 12.4 Å². The molecule has 2 N–H and O–H groups in total. The van der Waals surface area contributed by atoms with E-state index in [1.54, 1.807) is 0 Å². The second-order valence-corrected chi connectivity index (χ2v) is 7.77. The maximum absolute atomic E-state index is 6.20. The third-order valence-electron chi connectivity index (χ3n) is 5.25. The van der Waals surface area contributed by atoms with Gasteiger partial charge in [0.05, 0.1) is 0 Å². The molecular weight excluding hydrogens is 446 g/mol. The van der Waals surface area contributed by atoms with E-state index in [9.17, 15) is 0 Å². The lowest BCUT2D eigenvalue weighted by molar-refractivity contribution is 0.250. The molecule has 4 aromatic rings. The number of hydrogen-bond donors (Lipinski definition) is 1. The highest BCUT2D eigenvalue weighted by Crippen LogP contribution is 2.37. The normalized spacial score (nSPS) is 10.3. The summed E-state index contributed by atoms with van der Waals surface area (Å²) in [6, 6.07) is 34.2. The molecule has 0 bridgehead atoms. The first-order valence-electron chi connectivity index (χ1n) is 11.2. The molecule has 5 heteroatoms. The monoisotopic (exact) mass is 475 g/mol. The molecule has 0 saturated carbocycles. The molecular formula is C29H30ClNO3. The number of ether oxygens (including phenoxy) is 3. The third kappa shape index (κ3) is 7.27. The Hall–Kier alpha value is -3.47. The summed E-state index contributed by atoms with van der Waals surface area (Å²) in [4.78, 5) is 0. The van der Waals surface area contributed by atoms with Crippen LogP contribution in [0.25, 0.3) is 0 Å². The number of rotatable bonds is 11. The van der Waals surface area contributed by atoms with Crippen LogP contribution in [0.3, 0.4) is 0 Å². The summed E-state index contributed by atoms with van der Waals surface area (Å²) >= 11 is 0. The smallest absolute Gasteiger partial charge is 0.165 e. The Morgan fingerprint density at radius 1 is 0.500 bits per heavy atom. The van der Waals surface area contributed by atoms with Gasteiger partial charge in [-0.2, -0.15) is 0 Å². The molecule has 0 aliphatic heterocycles. The van der Waals surface area contributed by atoms with Gasteiger partial charge >= 0.3 is 0 Å². The Kier molecular flexibility index (Phi) is 9.83. The number of hydrogen-bond acceptors (Lipinski definition) is 4. The molecule has 0 unspecified atom stereocenters. The van der Waals surface area contributed by atoms with E-state index in [0.717, 1.165) is 28.0 Å². The molecule has 0 fully saturated rings. The van der Waals surface area contributed by atoms with Crippen molar-refractivity contribution in [2.45, 2.75) is 26.2 Å². The molecule has 4 nitrogen and oxygen atoms in total. The third-order valence-corrected chi connectivity index (χ3v) is 5.25. The van der Waals surface area contributed by atoms with E-state index in [1.807, 2.05) is 103 Å². The van der Waals surface area contributed by atoms with Crippen molar-refractivity contribution in [1.29, 1.82) is 0 Å². The van der Waals surface area contributed by atoms with Gasteiger partial charge in [0, 0.05) is 6.07 Å². The van der Waals surface area contributed by atoms with Gasteiger partial charge < -0.3 is 19.9 Å². The first kappa shape index (κ1) is 25.2. The Morgan fingerprint density at radius 2 is 0.882 bits per heavy atom. The lowest BCUT2D eigenvalue weighted by Gasteiger charge is -2.18. The number of halogens is 1. The highest BCUT2D eigenvalue weighted by Gasteiger charge is 2.14. The predicted octanol–water partition coefficient (Wildman–Crippen LogP) is 6.35. The van der Waals surface area contributed by atoms with Gasteiger partial charge in [0.15, 0.2) is 11.5 Å². The molecule has 0 saturated heterocycles. The van der Waals surface area contributed by atoms with Crippen molar-refractivity contribution in [3.63, 3.8) is 0 Å². The lowest BCUT2D eigenvalue weighted by atomic mass is 10.1. The average molecular weight is 476 g/mol. The molecule has 0 radical (unpaired) electrons. The molecule has 176 valence electrons.